The number of benzene rings is 2. The Balaban J connectivity index is 1.76. The molecule has 0 saturated heterocycles. The molecule has 0 amide bonds. The Morgan fingerprint density at radius 1 is 1.19 bits per heavy atom. The van der Waals surface area contributed by atoms with Crippen molar-refractivity contribution < 1.29 is 9.15 Å². The molecule has 136 valence electrons. The molecule has 26 heavy (non-hydrogen) atoms. The molecule has 0 saturated carbocycles. The van der Waals surface area contributed by atoms with Crippen molar-refractivity contribution in [1.29, 1.82) is 0 Å². The molecule has 1 atom stereocenters. The SMILES string of the molecule is COc1cccc([C@H](C)N(C)Cc2nc(-c3ccc(Cl)cc3)oc2C)c1. The van der Waals surface area contributed by atoms with E-state index in [-0.39, 0.29) is 6.04 Å². The lowest BCUT2D eigenvalue weighted by Gasteiger charge is -2.24. The van der Waals surface area contributed by atoms with Crippen LogP contribution < -0.4 is 4.74 Å². The fourth-order valence-electron chi connectivity index (χ4n) is 2.82. The summed E-state index contributed by atoms with van der Waals surface area (Å²) < 4.78 is 11.2. The van der Waals surface area contributed by atoms with Gasteiger partial charge in [-0.05, 0) is 62.9 Å². The van der Waals surface area contributed by atoms with Crippen LogP contribution in [-0.2, 0) is 6.54 Å². The molecule has 0 aliphatic heterocycles. The Hall–Kier alpha value is -2.30. The number of aryl methyl sites for hydroxylation is 1. The van der Waals surface area contributed by atoms with E-state index in [0.29, 0.717) is 17.5 Å². The molecule has 0 aliphatic carbocycles. The molecule has 0 aliphatic rings. The van der Waals surface area contributed by atoms with Crippen molar-refractivity contribution in [3.63, 3.8) is 0 Å². The van der Waals surface area contributed by atoms with Crippen LogP contribution in [0.25, 0.3) is 11.5 Å². The van der Waals surface area contributed by atoms with E-state index in [9.17, 15) is 0 Å². The van der Waals surface area contributed by atoms with Gasteiger partial charge in [-0.2, -0.15) is 0 Å². The van der Waals surface area contributed by atoms with Crippen LogP contribution >= 0.6 is 11.6 Å². The molecule has 0 unspecified atom stereocenters. The zero-order chi connectivity index (χ0) is 18.7. The highest BCUT2D eigenvalue weighted by Gasteiger charge is 2.17. The zero-order valence-corrected chi connectivity index (χ0v) is 16.2. The molecule has 0 radical (unpaired) electrons. The fourth-order valence-corrected chi connectivity index (χ4v) is 2.95. The summed E-state index contributed by atoms with van der Waals surface area (Å²) in [5, 5.41) is 0.698. The first kappa shape index (κ1) is 18.5. The lowest BCUT2D eigenvalue weighted by Crippen LogP contribution is -2.22. The molecule has 1 aromatic heterocycles. The zero-order valence-electron chi connectivity index (χ0n) is 15.5. The summed E-state index contributed by atoms with van der Waals surface area (Å²) in [6.07, 6.45) is 0. The summed E-state index contributed by atoms with van der Waals surface area (Å²) in [6.45, 7) is 4.82. The van der Waals surface area contributed by atoms with E-state index < -0.39 is 0 Å². The molecule has 4 nitrogen and oxygen atoms in total. The summed E-state index contributed by atoms with van der Waals surface area (Å²) in [5.41, 5.74) is 3.06. The summed E-state index contributed by atoms with van der Waals surface area (Å²) in [7, 11) is 3.77. The average Bonchev–Trinajstić information content (AvgIpc) is 3.02. The van der Waals surface area contributed by atoms with Gasteiger partial charge < -0.3 is 9.15 Å². The average molecular weight is 371 g/mol. The van der Waals surface area contributed by atoms with Crippen molar-refractivity contribution in [1.82, 2.24) is 9.88 Å². The molecule has 0 bridgehead atoms. The maximum Gasteiger partial charge on any atom is 0.226 e. The number of ether oxygens (including phenoxy) is 1. The summed E-state index contributed by atoms with van der Waals surface area (Å²) in [4.78, 5) is 6.92. The topological polar surface area (TPSA) is 38.5 Å². The van der Waals surface area contributed by atoms with Gasteiger partial charge in [0.1, 0.15) is 11.5 Å². The van der Waals surface area contributed by atoms with Crippen molar-refractivity contribution in [2.45, 2.75) is 26.4 Å². The smallest absolute Gasteiger partial charge is 0.226 e. The highest BCUT2D eigenvalue weighted by molar-refractivity contribution is 6.30. The molecule has 1 heterocycles. The first-order valence-corrected chi connectivity index (χ1v) is 8.92. The molecule has 5 heteroatoms. The number of hydrogen-bond donors (Lipinski definition) is 0. The second-order valence-corrected chi connectivity index (χ2v) is 6.83. The molecular formula is C21H23ClN2O2. The first-order valence-electron chi connectivity index (χ1n) is 8.54. The van der Waals surface area contributed by atoms with Gasteiger partial charge in [0.05, 0.1) is 12.8 Å². The van der Waals surface area contributed by atoms with Crippen molar-refractivity contribution >= 4 is 11.6 Å². The molecule has 0 N–H and O–H groups in total. The van der Waals surface area contributed by atoms with Crippen LogP contribution in [-0.4, -0.2) is 24.0 Å². The number of halogens is 1. The van der Waals surface area contributed by atoms with Crippen molar-refractivity contribution in [3.8, 4) is 17.2 Å². The fraction of sp³-hybridized carbons (Fsp3) is 0.286. The number of oxazole rings is 1. The quantitative estimate of drug-likeness (QED) is 0.573. The van der Waals surface area contributed by atoms with E-state index in [2.05, 4.69) is 36.0 Å². The number of nitrogens with zero attached hydrogens (tertiary/aromatic N) is 2. The highest BCUT2D eigenvalue weighted by Crippen LogP contribution is 2.27. The third-order valence-corrected chi connectivity index (χ3v) is 4.87. The van der Waals surface area contributed by atoms with Crippen LogP contribution in [0.15, 0.2) is 52.9 Å². The minimum Gasteiger partial charge on any atom is -0.497 e. The van der Waals surface area contributed by atoms with Crippen molar-refractivity contribution in [2.24, 2.45) is 0 Å². The third-order valence-electron chi connectivity index (χ3n) is 4.62. The second-order valence-electron chi connectivity index (χ2n) is 6.40. The maximum atomic E-state index is 5.95. The molecule has 3 rings (SSSR count). The lowest BCUT2D eigenvalue weighted by molar-refractivity contribution is 0.248. The van der Waals surface area contributed by atoms with Gasteiger partial charge >= 0.3 is 0 Å². The van der Waals surface area contributed by atoms with E-state index in [4.69, 9.17) is 20.8 Å². The largest absolute Gasteiger partial charge is 0.497 e. The Labute approximate surface area is 159 Å². The van der Waals surface area contributed by atoms with E-state index >= 15 is 0 Å². The number of rotatable bonds is 6. The number of aromatic nitrogens is 1. The van der Waals surface area contributed by atoms with Crippen molar-refractivity contribution in [3.05, 3.63) is 70.6 Å². The third kappa shape index (κ3) is 4.09. The predicted molar refractivity (Wildman–Crippen MR) is 105 cm³/mol. The van der Waals surface area contributed by atoms with Gasteiger partial charge in [-0.3, -0.25) is 4.90 Å². The Kier molecular flexibility index (Phi) is 5.64. The van der Waals surface area contributed by atoms with Gasteiger partial charge in [0.25, 0.3) is 0 Å². The van der Waals surface area contributed by atoms with Crippen LogP contribution in [0, 0.1) is 6.92 Å². The predicted octanol–water partition coefficient (Wildman–Crippen LogP) is 5.51. The van der Waals surface area contributed by atoms with E-state index in [0.717, 1.165) is 22.8 Å². The molecular weight excluding hydrogens is 348 g/mol. The minimum atomic E-state index is 0.222. The van der Waals surface area contributed by atoms with Crippen LogP contribution in [0.1, 0.15) is 30.0 Å². The Bertz CT molecular complexity index is 874. The summed E-state index contributed by atoms with van der Waals surface area (Å²) in [6, 6.07) is 15.9. The van der Waals surface area contributed by atoms with Crippen LogP contribution in [0.3, 0.4) is 0 Å². The van der Waals surface area contributed by atoms with E-state index in [1.807, 2.05) is 43.3 Å². The van der Waals surface area contributed by atoms with E-state index in [1.165, 1.54) is 5.56 Å². The Morgan fingerprint density at radius 3 is 2.62 bits per heavy atom. The monoisotopic (exact) mass is 370 g/mol. The first-order chi connectivity index (χ1) is 12.5. The van der Waals surface area contributed by atoms with Crippen LogP contribution in [0.2, 0.25) is 5.02 Å². The van der Waals surface area contributed by atoms with Crippen molar-refractivity contribution in [2.75, 3.05) is 14.2 Å². The molecule has 0 spiro atoms. The number of methoxy groups -OCH3 is 1. The lowest BCUT2D eigenvalue weighted by atomic mass is 10.1. The minimum absolute atomic E-state index is 0.222. The van der Waals surface area contributed by atoms with Gasteiger partial charge in [-0.1, -0.05) is 23.7 Å². The summed E-state index contributed by atoms with van der Waals surface area (Å²) >= 11 is 5.95. The van der Waals surface area contributed by atoms with Crippen LogP contribution in [0.5, 0.6) is 5.75 Å². The molecule has 2 aromatic carbocycles. The molecule has 3 aromatic rings. The van der Waals surface area contributed by atoms with E-state index in [1.54, 1.807) is 7.11 Å². The number of hydrogen-bond acceptors (Lipinski definition) is 4. The second kappa shape index (κ2) is 7.94. The Morgan fingerprint density at radius 2 is 1.92 bits per heavy atom. The highest BCUT2D eigenvalue weighted by atomic mass is 35.5. The van der Waals surface area contributed by atoms with Gasteiger partial charge in [0.2, 0.25) is 5.89 Å². The van der Waals surface area contributed by atoms with Gasteiger partial charge in [-0.15, -0.1) is 0 Å². The van der Waals surface area contributed by atoms with Gasteiger partial charge in [0, 0.05) is 23.2 Å². The van der Waals surface area contributed by atoms with Gasteiger partial charge in [-0.25, -0.2) is 4.98 Å². The molecule has 0 fully saturated rings. The maximum absolute atomic E-state index is 5.95. The standard InChI is InChI=1S/C21H23ClN2O2/c1-14(17-6-5-7-19(12-17)25-4)24(3)13-20-15(2)26-21(23-20)16-8-10-18(22)11-9-16/h5-12,14H,13H2,1-4H3/t14-/m0/s1. The van der Waals surface area contributed by atoms with Crippen LogP contribution in [0.4, 0.5) is 0 Å². The normalized spacial score (nSPS) is 12.4. The van der Waals surface area contributed by atoms with Gasteiger partial charge in [0.15, 0.2) is 0 Å². The summed E-state index contributed by atoms with van der Waals surface area (Å²) in [5.74, 6) is 2.32.